The van der Waals surface area contributed by atoms with Gasteiger partial charge in [-0.15, -0.1) is 0 Å². The zero-order valence-corrected chi connectivity index (χ0v) is 12.2. The van der Waals surface area contributed by atoms with Crippen molar-refractivity contribution < 1.29 is 9.90 Å². The maximum atomic E-state index is 10.7. The van der Waals surface area contributed by atoms with Crippen molar-refractivity contribution in [3.05, 3.63) is 48.6 Å². The molecule has 4 aliphatic carbocycles. The molecule has 2 nitrogen and oxygen atoms in total. The molecule has 0 heterocycles. The second-order valence-electron chi connectivity index (χ2n) is 6.16. The van der Waals surface area contributed by atoms with Crippen molar-refractivity contribution in [1.82, 2.24) is 0 Å². The Morgan fingerprint density at radius 1 is 1.05 bits per heavy atom. The Labute approximate surface area is 130 Å². The largest absolute Gasteiger partial charge is 0.396 e. The Balaban J connectivity index is 0.000000192. The van der Waals surface area contributed by atoms with E-state index < -0.39 is 0 Å². The predicted molar refractivity (Wildman–Crippen MR) is 87.0 cm³/mol. The molecule has 1 N–H and O–H groups in total. The van der Waals surface area contributed by atoms with Crippen LogP contribution < -0.4 is 0 Å². The van der Waals surface area contributed by atoms with Gasteiger partial charge in [0, 0.05) is 46.6 Å². The predicted octanol–water partition coefficient (Wildman–Crippen LogP) is 2.20. The Bertz CT molecular complexity index is 507. The lowest BCUT2D eigenvalue weighted by molar-refractivity contribution is -0.115. The third-order valence-electron chi connectivity index (χ3n) is 4.58. The fraction of sp³-hybridized carbons (Fsp3) is 0.471. The van der Waals surface area contributed by atoms with E-state index in [1.165, 1.54) is 6.42 Å². The number of allylic oxidation sites excluding steroid dienone is 7. The van der Waals surface area contributed by atoms with Crippen molar-refractivity contribution in [1.29, 1.82) is 0 Å². The SMILES string of the molecule is O=C1C=CC2(C=CC2)C1.OCC1C=CC2(C=CC2)C1.[B].[B]. The van der Waals surface area contributed by atoms with E-state index >= 15 is 0 Å². The highest BCUT2D eigenvalue weighted by molar-refractivity contribution is 5.93. The van der Waals surface area contributed by atoms with Gasteiger partial charge in [-0.05, 0) is 25.3 Å². The Morgan fingerprint density at radius 3 is 1.90 bits per heavy atom. The van der Waals surface area contributed by atoms with E-state index in [0.29, 0.717) is 24.4 Å². The molecule has 106 valence electrons. The van der Waals surface area contributed by atoms with Gasteiger partial charge in [0.15, 0.2) is 5.78 Å². The van der Waals surface area contributed by atoms with Crippen LogP contribution in [-0.2, 0) is 4.79 Å². The number of hydrogen-bond donors (Lipinski definition) is 1. The van der Waals surface area contributed by atoms with Crippen molar-refractivity contribution in [2.24, 2.45) is 16.7 Å². The summed E-state index contributed by atoms with van der Waals surface area (Å²) in [5.41, 5.74) is 0.546. The Hall–Kier alpha value is -1.28. The van der Waals surface area contributed by atoms with Crippen LogP contribution in [0.25, 0.3) is 0 Å². The normalized spacial score (nSPS) is 36.6. The molecule has 0 saturated carbocycles. The molecule has 4 rings (SSSR count). The van der Waals surface area contributed by atoms with Crippen LogP contribution in [0.15, 0.2) is 48.6 Å². The third kappa shape index (κ3) is 3.49. The summed E-state index contributed by atoms with van der Waals surface area (Å²) in [6.07, 6.45) is 20.9. The summed E-state index contributed by atoms with van der Waals surface area (Å²) in [6.45, 7) is 0.312. The summed E-state index contributed by atoms with van der Waals surface area (Å²) in [6, 6.07) is 0. The average Bonchev–Trinajstić information content (AvgIpc) is 2.92. The van der Waals surface area contributed by atoms with Crippen LogP contribution in [0.4, 0.5) is 0 Å². The smallest absolute Gasteiger partial charge is 0.156 e. The van der Waals surface area contributed by atoms with Gasteiger partial charge in [-0.3, -0.25) is 4.79 Å². The minimum atomic E-state index is 0. The molecule has 21 heavy (non-hydrogen) atoms. The molecule has 0 aliphatic heterocycles. The van der Waals surface area contributed by atoms with E-state index in [4.69, 9.17) is 5.11 Å². The summed E-state index contributed by atoms with van der Waals surface area (Å²) >= 11 is 0. The molecule has 0 saturated heterocycles. The molecular weight excluding hydrogens is 258 g/mol. The summed E-state index contributed by atoms with van der Waals surface area (Å²) in [5, 5.41) is 8.84. The number of aliphatic hydroxyl groups excluding tert-OH is 1. The molecular formula is C17H20B2O2. The molecule has 6 radical (unpaired) electrons. The monoisotopic (exact) mass is 278 g/mol. The summed E-state index contributed by atoms with van der Waals surface area (Å²) < 4.78 is 0. The first-order valence-corrected chi connectivity index (χ1v) is 7.03. The molecule has 3 unspecified atom stereocenters. The topological polar surface area (TPSA) is 37.3 Å². The van der Waals surface area contributed by atoms with Crippen molar-refractivity contribution in [3.63, 3.8) is 0 Å². The van der Waals surface area contributed by atoms with E-state index in [-0.39, 0.29) is 28.0 Å². The minimum absolute atomic E-state index is 0. The second-order valence-corrected chi connectivity index (χ2v) is 6.16. The molecule has 2 spiro atoms. The summed E-state index contributed by atoms with van der Waals surface area (Å²) in [5.74, 6) is 0.698. The molecule has 0 aromatic heterocycles. The maximum Gasteiger partial charge on any atom is 0.156 e. The van der Waals surface area contributed by atoms with E-state index in [9.17, 15) is 4.79 Å². The summed E-state index contributed by atoms with van der Waals surface area (Å²) in [4.78, 5) is 10.7. The van der Waals surface area contributed by atoms with E-state index in [1.807, 2.05) is 6.08 Å². The van der Waals surface area contributed by atoms with Crippen molar-refractivity contribution in [2.45, 2.75) is 25.7 Å². The van der Waals surface area contributed by atoms with Gasteiger partial charge < -0.3 is 5.11 Å². The lowest BCUT2D eigenvalue weighted by Crippen LogP contribution is -2.19. The lowest BCUT2D eigenvalue weighted by atomic mass is 9.75. The lowest BCUT2D eigenvalue weighted by Gasteiger charge is -2.29. The Morgan fingerprint density at radius 2 is 1.67 bits per heavy atom. The first kappa shape index (κ1) is 17.8. The van der Waals surface area contributed by atoms with Crippen molar-refractivity contribution >= 4 is 22.6 Å². The quantitative estimate of drug-likeness (QED) is 0.589. The molecule has 0 aromatic carbocycles. The molecule has 3 atom stereocenters. The summed E-state index contributed by atoms with van der Waals surface area (Å²) in [7, 11) is 0. The van der Waals surface area contributed by atoms with Crippen LogP contribution in [0.3, 0.4) is 0 Å². The number of carbonyl (C=O) groups excluding carboxylic acids is 1. The van der Waals surface area contributed by atoms with Crippen molar-refractivity contribution in [3.8, 4) is 0 Å². The van der Waals surface area contributed by atoms with Crippen LogP contribution in [0.5, 0.6) is 0 Å². The van der Waals surface area contributed by atoms with Crippen LogP contribution in [-0.4, -0.2) is 34.3 Å². The van der Waals surface area contributed by atoms with Crippen LogP contribution in [0.1, 0.15) is 25.7 Å². The number of carbonyl (C=O) groups is 1. The average molecular weight is 278 g/mol. The van der Waals surface area contributed by atoms with Gasteiger partial charge in [-0.1, -0.05) is 42.5 Å². The van der Waals surface area contributed by atoms with E-state index in [0.717, 1.165) is 12.8 Å². The molecule has 0 fully saturated rings. The minimum Gasteiger partial charge on any atom is -0.396 e. The maximum absolute atomic E-state index is 10.7. The molecule has 4 heteroatoms. The van der Waals surface area contributed by atoms with Gasteiger partial charge in [0.1, 0.15) is 0 Å². The standard InChI is InChI=1S/C9H12O.C8H8O.2B/c10-7-8-2-5-9(6-8)3-1-4-9;9-7-2-5-8(6-7)3-1-4-8;;/h1-3,5,8,10H,4,6-7H2;1-3,5H,4,6H2;;. The molecule has 4 aliphatic rings. The van der Waals surface area contributed by atoms with Gasteiger partial charge in [0.2, 0.25) is 0 Å². The van der Waals surface area contributed by atoms with Gasteiger partial charge >= 0.3 is 0 Å². The highest BCUT2D eigenvalue weighted by Gasteiger charge is 2.35. The fourth-order valence-electron chi connectivity index (χ4n) is 3.15. The number of ketones is 1. The Kier molecular flexibility index (Phi) is 5.63. The van der Waals surface area contributed by atoms with Crippen molar-refractivity contribution in [2.75, 3.05) is 6.61 Å². The number of rotatable bonds is 1. The van der Waals surface area contributed by atoms with Crippen LogP contribution in [0, 0.1) is 16.7 Å². The zero-order chi connectivity index (χ0) is 13.3. The zero-order valence-electron chi connectivity index (χ0n) is 12.2. The first-order chi connectivity index (χ1) is 9.15. The molecule has 0 aromatic rings. The molecule has 0 bridgehead atoms. The van der Waals surface area contributed by atoms with Gasteiger partial charge in [0.05, 0.1) is 0 Å². The van der Waals surface area contributed by atoms with Crippen LogP contribution in [0.2, 0.25) is 0 Å². The van der Waals surface area contributed by atoms with E-state index in [2.05, 4.69) is 36.5 Å². The van der Waals surface area contributed by atoms with Crippen LogP contribution >= 0.6 is 0 Å². The number of aliphatic hydroxyl groups is 1. The van der Waals surface area contributed by atoms with E-state index in [1.54, 1.807) is 6.08 Å². The second kappa shape index (κ2) is 6.65. The number of hydrogen-bond acceptors (Lipinski definition) is 2. The van der Waals surface area contributed by atoms with Gasteiger partial charge in [0.25, 0.3) is 0 Å². The fourth-order valence-corrected chi connectivity index (χ4v) is 3.15. The van der Waals surface area contributed by atoms with Gasteiger partial charge in [-0.25, -0.2) is 0 Å². The van der Waals surface area contributed by atoms with Gasteiger partial charge in [-0.2, -0.15) is 0 Å². The highest BCUT2D eigenvalue weighted by Crippen LogP contribution is 2.45. The highest BCUT2D eigenvalue weighted by atomic mass is 16.3. The first-order valence-electron chi connectivity index (χ1n) is 7.03. The molecule has 0 amide bonds. The third-order valence-corrected chi connectivity index (χ3v) is 4.58.